The van der Waals surface area contributed by atoms with Crippen molar-refractivity contribution in [2.75, 3.05) is 7.11 Å². The number of halogens is 1. The Kier molecular flexibility index (Phi) is 6.47. The molecule has 3 aromatic rings. The van der Waals surface area contributed by atoms with Gasteiger partial charge in [-0.05, 0) is 47.5 Å². The predicted octanol–water partition coefficient (Wildman–Crippen LogP) is 6.01. The second-order valence-electron chi connectivity index (χ2n) is 6.53. The van der Waals surface area contributed by atoms with Gasteiger partial charge in [0.1, 0.15) is 5.75 Å². The summed E-state index contributed by atoms with van der Waals surface area (Å²) in [4.78, 5) is 13.0. The molecule has 3 rings (SSSR count). The van der Waals surface area contributed by atoms with Gasteiger partial charge in [0.05, 0.1) is 19.1 Å². The molecular weight excluding hydrogens is 370 g/mol. The Balaban J connectivity index is 1.93. The van der Waals surface area contributed by atoms with E-state index in [0.29, 0.717) is 16.3 Å². The highest BCUT2D eigenvalue weighted by atomic mass is 35.5. The lowest BCUT2D eigenvalue weighted by Crippen LogP contribution is -2.15. The summed E-state index contributed by atoms with van der Waals surface area (Å²) in [6, 6.07) is 26.4. The van der Waals surface area contributed by atoms with Crippen LogP contribution < -0.4 is 4.74 Å². The van der Waals surface area contributed by atoms with E-state index in [9.17, 15) is 10.1 Å². The molecule has 0 amide bonds. The fourth-order valence-corrected chi connectivity index (χ4v) is 3.42. The van der Waals surface area contributed by atoms with Crippen LogP contribution in [0.3, 0.4) is 0 Å². The monoisotopic (exact) mass is 389 g/mol. The Morgan fingerprint density at radius 2 is 1.61 bits per heavy atom. The quantitative estimate of drug-likeness (QED) is 0.465. The van der Waals surface area contributed by atoms with E-state index in [4.69, 9.17) is 16.3 Å². The fraction of sp³-hybridized carbons (Fsp3) is 0.167. The first-order valence-electron chi connectivity index (χ1n) is 8.99. The molecule has 0 aliphatic heterocycles. The first kappa shape index (κ1) is 19.7. The molecule has 0 aliphatic carbocycles. The fourth-order valence-electron chi connectivity index (χ4n) is 3.29. The van der Waals surface area contributed by atoms with Gasteiger partial charge in [-0.15, -0.1) is 0 Å². The van der Waals surface area contributed by atoms with Crippen LogP contribution in [0, 0.1) is 11.3 Å². The summed E-state index contributed by atoms with van der Waals surface area (Å²) < 4.78 is 5.16. The first-order valence-corrected chi connectivity index (χ1v) is 9.37. The van der Waals surface area contributed by atoms with Crippen molar-refractivity contribution < 1.29 is 9.53 Å². The van der Waals surface area contributed by atoms with Crippen LogP contribution in [-0.4, -0.2) is 12.9 Å². The van der Waals surface area contributed by atoms with E-state index in [1.165, 1.54) is 0 Å². The molecule has 2 unspecified atom stereocenters. The van der Waals surface area contributed by atoms with Gasteiger partial charge in [0.15, 0.2) is 5.78 Å². The molecule has 0 fully saturated rings. The van der Waals surface area contributed by atoms with Crippen LogP contribution in [0.15, 0.2) is 78.9 Å². The summed E-state index contributed by atoms with van der Waals surface area (Å²) in [6.45, 7) is 0. The van der Waals surface area contributed by atoms with Crippen LogP contribution in [0.2, 0.25) is 5.02 Å². The third-order valence-electron chi connectivity index (χ3n) is 4.82. The molecule has 0 spiro atoms. The number of nitrogens with zero attached hydrogens (tertiary/aromatic N) is 1. The van der Waals surface area contributed by atoms with Crippen molar-refractivity contribution in [1.82, 2.24) is 0 Å². The maximum absolute atomic E-state index is 13.0. The van der Waals surface area contributed by atoms with Gasteiger partial charge in [0, 0.05) is 22.9 Å². The Morgan fingerprint density at radius 1 is 0.964 bits per heavy atom. The number of hydrogen-bond acceptors (Lipinski definition) is 3. The van der Waals surface area contributed by atoms with E-state index < -0.39 is 5.92 Å². The third-order valence-corrected chi connectivity index (χ3v) is 5.07. The Morgan fingerprint density at radius 3 is 2.18 bits per heavy atom. The minimum absolute atomic E-state index is 0.00859. The number of nitriles is 1. The molecule has 0 N–H and O–H groups in total. The average Bonchev–Trinajstić information content (AvgIpc) is 2.75. The molecule has 0 aliphatic rings. The molecule has 0 saturated carbocycles. The van der Waals surface area contributed by atoms with E-state index in [1.807, 2.05) is 42.5 Å². The molecule has 140 valence electrons. The van der Waals surface area contributed by atoms with E-state index in [1.54, 1.807) is 43.5 Å². The van der Waals surface area contributed by atoms with Crippen LogP contribution in [0.1, 0.15) is 39.7 Å². The van der Waals surface area contributed by atoms with Crippen LogP contribution >= 0.6 is 11.6 Å². The number of Topliss-reactive ketones (excluding diaryl/α,β-unsaturated/α-hetero) is 1. The van der Waals surface area contributed by atoms with Crippen LogP contribution in [-0.2, 0) is 0 Å². The molecule has 0 bridgehead atoms. The van der Waals surface area contributed by atoms with Gasteiger partial charge < -0.3 is 4.74 Å². The highest BCUT2D eigenvalue weighted by Gasteiger charge is 2.27. The van der Waals surface area contributed by atoms with Crippen molar-refractivity contribution in [1.29, 1.82) is 5.26 Å². The number of carbonyl (C=O) groups is 1. The SMILES string of the molecule is COc1ccc(C(=O)CC(c2ccccc2)C(C#N)c2ccc(Cl)cc2)cc1. The first-order chi connectivity index (χ1) is 13.6. The second-order valence-corrected chi connectivity index (χ2v) is 6.97. The summed E-state index contributed by atoms with van der Waals surface area (Å²) >= 11 is 6.00. The highest BCUT2D eigenvalue weighted by molar-refractivity contribution is 6.30. The van der Waals surface area contributed by atoms with E-state index in [2.05, 4.69) is 6.07 Å². The van der Waals surface area contributed by atoms with E-state index in [-0.39, 0.29) is 18.1 Å². The van der Waals surface area contributed by atoms with Gasteiger partial charge in [-0.2, -0.15) is 5.26 Å². The lowest BCUT2D eigenvalue weighted by molar-refractivity contribution is 0.0971. The zero-order valence-electron chi connectivity index (χ0n) is 15.5. The topological polar surface area (TPSA) is 50.1 Å². The molecule has 0 aromatic heterocycles. The van der Waals surface area contributed by atoms with Crippen molar-refractivity contribution in [3.63, 3.8) is 0 Å². The minimum Gasteiger partial charge on any atom is -0.497 e. The normalized spacial score (nSPS) is 12.6. The van der Waals surface area contributed by atoms with Crippen LogP contribution in [0.25, 0.3) is 0 Å². The third kappa shape index (κ3) is 4.60. The summed E-state index contributed by atoms with van der Waals surface area (Å²) in [5.74, 6) is -0.0261. The largest absolute Gasteiger partial charge is 0.497 e. The molecular formula is C24H20ClNO2. The summed E-state index contributed by atoms with van der Waals surface area (Å²) in [5.41, 5.74) is 2.42. The number of hydrogen-bond donors (Lipinski definition) is 0. The molecule has 3 aromatic carbocycles. The highest BCUT2D eigenvalue weighted by Crippen LogP contribution is 2.36. The number of ketones is 1. The molecule has 4 heteroatoms. The van der Waals surface area contributed by atoms with Crippen molar-refractivity contribution >= 4 is 17.4 Å². The molecule has 0 radical (unpaired) electrons. The number of ether oxygens (including phenoxy) is 1. The maximum atomic E-state index is 13.0. The molecule has 2 atom stereocenters. The molecule has 28 heavy (non-hydrogen) atoms. The summed E-state index contributed by atoms with van der Waals surface area (Å²) in [7, 11) is 1.59. The second kappa shape index (κ2) is 9.21. The number of rotatable bonds is 7. The Bertz CT molecular complexity index is 960. The summed E-state index contributed by atoms with van der Waals surface area (Å²) in [6.07, 6.45) is 0.233. The zero-order valence-corrected chi connectivity index (χ0v) is 16.3. The minimum atomic E-state index is -0.457. The van der Waals surface area contributed by atoms with E-state index >= 15 is 0 Å². The molecule has 0 saturated heterocycles. The number of methoxy groups -OCH3 is 1. The van der Waals surface area contributed by atoms with Crippen LogP contribution in [0.5, 0.6) is 5.75 Å². The van der Waals surface area contributed by atoms with Crippen molar-refractivity contribution in [3.8, 4) is 11.8 Å². The number of benzene rings is 3. The van der Waals surface area contributed by atoms with Crippen molar-refractivity contribution in [3.05, 3.63) is 101 Å². The molecule has 3 nitrogen and oxygen atoms in total. The van der Waals surface area contributed by atoms with Gasteiger partial charge in [0.2, 0.25) is 0 Å². The number of carbonyl (C=O) groups excluding carboxylic acids is 1. The van der Waals surface area contributed by atoms with Gasteiger partial charge >= 0.3 is 0 Å². The van der Waals surface area contributed by atoms with Crippen LogP contribution in [0.4, 0.5) is 0 Å². The van der Waals surface area contributed by atoms with Crippen molar-refractivity contribution in [2.24, 2.45) is 0 Å². The lowest BCUT2D eigenvalue weighted by atomic mass is 9.78. The Labute approximate surface area is 170 Å². The predicted molar refractivity (Wildman–Crippen MR) is 111 cm³/mol. The van der Waals surface area contributed by atoms with Gasteiger partial charge in [0.25, 0.3) is 0 Å². The van der Waals surface area contributed by atoms with Crippen molar-refractivity contribution in [2.45, 2.75) is 18.3 Å². The van der Waals surface area contributed by atoms with Gasteiger partial charge in [-0.3, -0.25) is 4.79 Å². The summed E-state index contributed by atoms with van der Waals surface area (Å²) in [5, 5.41) is 10.5. The zero-order chi connectivity index (χ0) is 19.9. The van der Waals surface area contributed by atoms with E-state index in [0.717, 1.165) is 11.1 Å². The lowest BCUT2D eigenvalue weighted by Gasteiger charge is -2.22. The smallest absolute Gasteiger partial charge is 0.163 e. The van der Waals surface area contributed by atoms with Gasteiger partial charge in [-0.25, -0.2) is 0 Å². The Hall–Kier alpha value is -3.09. The average molecular weight is 390 g/mol. The maximum Gasteiger partial charge on any atom is 0.163 e. The molecule has 0 heterocycles. The van der Waals surface area contributed by atoms with Gasteiger partial charge in [-0.1, -0.05) is 54.1 Å². The standard InChI is InChI=1S/C24H20ClNO2/c1-28-21-13-9-19(10-14-21)24(27)15-22(17-5-3-2-4-6-17)23(16-26)18-7-11-20(25)12-8-18/h2-14,22-23H,15H2,1H3.